The van der Waals surface area contributed by atoms with Gasteiger partial charge in [-0.1, -0.05) is 36.2 Å². The third-order valence-electron chi connectivity index (χ3n) is 5.44. The lowest BCUT2D eigenvalue weighted by Crippen LogP contribution is -2.45. The Balaban J connectivity index is 2.05. The van der Waals surface area contributed by atoms with Gasteiger partial charge in [-0.25, -0.2) is 8.42 Å². The molecule has 0 radical (unpaired) electrons. The number of halogens is 2. The Labute approximate surface area is 193 Å². The zero-order valence-corrected chi connectivity index (χ0v) is 20.1. The van der Waals surface area contributed by atoms with Gasteiger partial charge in [-0.3, -0.25) is 9.10 Å². The molecule has 1 amide bonds. The van der Waals surface area contributed by atoms with Crippen molar-refractivity contribution in [2.45, 2.75) is 31.6 Å². The minimum atomic E-state index is -4.15. The maximum Gasteiger partial charge on any atom is 0.268 e. The summed E-state index contributed by atoms with van der Waals surface area (Å²) in [5, 5.41) is 0.552. The molecule has 0 aromatic heterocycles. The fraction of sp³-hybridized carbons (Fsp3) is 0.409. The number of carbonyl (C=O) groups excluding carboxylic acids is 1. The number of ether oxygens (including phenoxy) is 1. The molecule has 31 heavy (non-hydrogen) atoms. The van der Waals surface area contributed by atoms with Gasteiger partial charge in [0, 0.05) is 23.1 Å². The summed E-state index contributed by atoms with van der Waals surface area (Å²) in [6.45, 7) is 4.80. The topological polar surface area (TPSA) is 66.9 Å². The molecular weight excluding hydrogens is 459 g/mol. The number of amides is 1. The molecule has 0 spiro atoms. The molecule has 1 aliphatic rings. The van der Waals surface area contributed by atoms with Crippen molar-refractivity contribution in [2.24, 2.45) is 5.92 Å². The van der Waals surface area contributed by atoms with Crippen LogP contribution in [0.1, 0.15) is 25.3 Å². The Morgan fingerprint density at radius 3 is 2.32 bits per heavy atom. The first-order valence-electron chi connectivity index (χ1n) is 10.0. The summed E-state index contributed by atoms with van der Waals surface area (Å²) in [4.78, 5) is 14.8. The molecule has 0 saturated carbocycles. The van der Waals surface area contributed by atoms with Gasteiger partial charge in [0.05, 0.1) is 12.8 Å². The summed E-state index contributed by atoms with van der Waals surface area (Å²) < 4.78 is 33.9. The first-order valence-corrected chi connectivity index (χ1v) is 12.2. The Morgan fingerprint density at radius 2 is 1.74 bits per heavy atom. The molecule has 168 valence electrons. The van der Waals surface area contributed by atoms with Crippen molar-refractivity contribution >= 4 is 44.8 Å². The van der Waals surface area contributed by atoms with Crippen LogP contribution in [0.25, 0.3) is 0 Å². The van der Waals surface area contributed by atoms with Gasteiger partial charge in [-0.2, -0.15) is 0 Å². The minimum Gasteiger partial charge on any atom is -0.495 e. The van der Waals surface area contributed by atoms with E-state index in [0.717, 1.165) is 22.7 Å². The summed E-state index contributed by atoms with van der Waals surface area (Å²) >= 11 is 12.3. The van der Waals surface area contributed by atoms with E-state index < -0.39 is 10.0 Å². The maximum absolute atomic E-state index is 13.7. The quantitative estimate of drug-likeness (QED) is 0.592. The van der Waals surface area contributed by atoms with Crippen LogP contribution in [-0.4, -0.2) is 46.0 Å². The number of likely N-dealkylation sites (tertiary alicyclic amines) is 1. The second kappa shape index (κ2) is 9.67. The van der Waals surface area contributed by atoms with Crippen LogP contribution in [0, 0.1) is 12.8 Å². The minimum absolute atomic E-state index is 0.0221. The van der Waals surface area contributed by atoms with E-state index in [1.54, 1.807) is 24.0 Å². The van der Waals surface area contributed by atoms with Crippen LogP contribution in [0.2, 0.25) is 10.0 Å². The Bertz CT molecular complexity index is 1050. The summed E-state index contributed by atoms with van der Waals surface area (Å²) in [6, 6.07) is 9.37. The highest BCUT2D eigenvalue weighted by Crippen LogP contribution is 2.33. The molecule has 6 nitrogen and oxygen atoms in total. The first kappa shape index (κ1) is 23.7. The monoisotopic (exact) mass is 484 g/mol. The third-order valence-corrected chi connectivity index (χ3v) is 7.67. The molecule has 0 unspecified atom stereocenters. The van der Waals surface area contributed by atoms with E-state index >= 15 is 0 Å². The number of benzene rings is 2. The lowest BCUT2D eigenvalue weighted by atomic mass is 9.99. The largest absolute Gasteiger partial charge is 0.495 e. The standard InChI is InChI=1S/C22H26Cl2N2O4S/c1-15-6-8-25(9-7-15)22(27)14-26(19-12-17(23)11-18(24)13-19)31(28,29)21-10-16(2)4-5-20(21)30-3/h4-5,10-13,15H,6-9,14H2,1-3H3. The molecule has 0 atom stereocenters. The Morgan fingerprint density at radius 1 is 1.13 bits per heavy atom. The Kier molecular flexibility index (Phi) is 7.39. The summed E-state index contributed by atoms with van der Waals surface area (Å²) in [6.07, 6.45) is 1.79. The zero-order valence-electron chi connectivity index (χ0n) is 17.8. The third kappa shape index (κ3) is 5.45. The lowest BCUT2D eigenvalue weighted by molar-refractivity contribution is -0.130. The number of methoxy groups -OCH3 is 1. The lowest BCUT2D eigenvalue weighted by Gasteiger charge is -2.33. The van der Waals surface area contributed by atoms with E-state index in [-0.39, 0.29) is 38.8 Å². The van der Waals surface area contributed by atoms with Crippen LogP contribution in [0.3, 0.4) is 0 Å². The van der Waals surface area contributed by atoms with Crippen LogP contribution in [0.5, 0.6) is 5.75 Å². The molecule has 3 rings (SSSR count). The predicted molar refractivity (Wildman–Crippen MR) is 124 cm³/mol. The smallest absolute Gasteiger partial charge is 0.268 e. The molecular formula is C22H26Cl2N2O4S. The van der Waals surface area contributed by atoms with Crippen LogP contribution in [0.4, 0.5) is 5.69 Å². The average molecular weight is 485 g/mol. The maximum atomic E-state index is 13.7. The fourth-order valence-electron chi connectivity index (χ4n) is 3.58. The van der Waals surface area contributed by atoms with Crippen LogP contribution >= 0.6 is 23.2 Å². The molecule has 1 saturated heterocycles. The number of carbonyl (C=O) groups is 1. The SMILES string of the molecule is COc1ccc(C)cc1S(=O)(=O)N(CC(=O)N1CCC(C)CC1)c1cc(Cl)cc(Cl)c1. The van der Waals surface area contributed by atoms with E-state index in [1.165, 1.54) is 31.4 Å². The normalized spacial score (nSPS) is 15.1. The van der Waals surface area contributed by atoms with Crippen LogP contribution < -0.4 is 9.04 Å². The van der Waals surface area contributed by atoms with Gasteiger partial charge in [0.2, 0.25) is 5.91 Å². The van der Waals surface area contributed by atoms with Crippen molar-refractivity contribution in [3.8, 4) is 5.75 Å². The van der Waals surface area contributed by atoms with Gasteiger partial charge in [0.1, 0.15) is 17.2 Å². The number of sulfonamides is 1. The van der Waals surface area contributed by atoms with Gasteiger partial charge >= 0.3 is 0 Å². The molecule has 1 fully saturated rings. The Hall–Kier alpha value is -1.96. The highest BCUT2D eigenvalue weighted by Gasteiger charge is 2.32. The molecule has 1 aliphatic heterocycles. The van der Waals surface area contributed by atoms with E-state index in [4.69, 9.17) is 27.9 Å². The number of nitrogens with zero attached hydrogens (tertiary/aromatic N) is 2. The van der Waals surface area contributed by atoms with Gasteiger partial charge in [-0.05, 0) is 61.6 Å². The number of hydrogen-bond donors (Lipinski definition) is 0. The van der Waals surface area contributed by atoms with Crippen molar-refractivity contribution in [3.05, 3.63) is 52.0 Å². The van der Waals surface area contributed by atoms with Crippen LogP contribution in [-0.2, 0) is 14.8 Å². The number of rotatable bonds is 6. The average Bonchev–Trinajstić information content (AvgIpc) is 2.71. The second-order valence-electron chi connectivity index (χ2n) is 7.86. The van der Waals surface area contributed by atoms with Crippen molar-refractivity contribution in [1.82, 2.24) is 4.90 Å². The molecule has 0 aliphatic carbocycles. The molecule has 0 bridgehead atoms. The number of hydrogen-bond acceptors (Lipinski definition) is 4. The number of piperidine rings is 1. The van der Waals surface area contributed by atoms with Crippen molar-refractivity contribution in [3.63, 3.8) is 0 Å². The fourth-order valence-corrected chi connectivity index (χ4v) is 5.74. The van der Waals surface area contributed by atoms with E-state index in [9.17, 15) is 13.2 Å². The predicted octanol–water partition coefficient (Wildman–Crippen LogP) is 4.76. The molecule has 2 aromatic carbocycles. The van der Waals surface area contributed by atoms with Crippen molar-refractivity contribution in [2.75, 3.05) is 31.0 Å². The number of aryl methyl sites for hydroxylation is 1. The highest BCUT2D eigenvalue weighted by molar-refractivity contribution is 7.93. The van der Waals surface area contributed by atoms with Gasteiger partial charge in [0.15, 0.2) is 0 Å². The second-order valence-corrected chi connectivity index (χ2v) is 10.6. The summed E-state index contributed by atoms with van der Waals surface area (Å²) in [5.74, 6) is 0.480. The van der Waals surface area contributed by atoms with E-state index in [2.05, 4.69) is 6.92 Å². The highest BCUT2D eigenvalue weighted by atomic mass is 35.5. The summed E-state index contributed by atoms with van der Waals surface area (Å²) in [5.41, 5.74) is 0.972. The summed E-state index contributed by atoms with van der Waals surface area (Å²) in [7, 11) is -2.75. The molecule has 2 aromatic rings. The molecule has 9 heteroatoms. The zero-order chi connectivity index (χ0) is 22.8. The van der Waals surface area contributed by atoms with Crippen molar-refractivity contribution in [1.29, 1.82) is 0 Å². The van der Waals surface area contributed by atoms with Crippen molar-refractivity contribution < 1.29 is 17.9 Å². The van der Waals surface area contributed by atoms with Crippen LogP contribution in [0.15, 0.2) is 41.3 Å². The van der Waals surface area contributed by atoms with E-state index in [0.29, 0.717) is 19.0 Å². The van der Waals surface area contributed by atoms with E-state index in [1.807, 2.05) is 0 Å². The molecule has 1 heterocycles. The van der Waals surface area contributed by atoms with Gasteiger partial charge in [-0.15, -0.1) is 0 Å². The van der Waals surface area contributed by atoms with Gasteiger partial charge in [0.25, 0.3) is 10.0 Å². The first-order chi connectivity index (χ1) is 14.6. The molecule has 0 N–H and O–H groups in total. The number of anilines is 1. The van der Waals surface area contributed by atoms with Gasteiger partial charge < -0.3 is 9.64 Å².